The molecule has 2 fully saturated rings. The number of nitrogens with zero attached hydrogens (tertiary/aromatic N) is 3. The fraction of sp³-hybridized carbons (Fsp3) is 0.500. The number of halogens is 2. The lowest BCUT2D eigenvalue weighted by Gasteiger charge is -2.40. The minimum atomic E-state index is -3.30. The molecule has 1 unspecified atom stereocenters. The van der Waals surface area contributed by atoms with E-state index in [9.17, 15) is 17.6 Å². The average molecular weight is 497 g/mol. The summed E-state index contributed by atoms with van der Waals surface area (Å²) in [5.74, 6) is -0.623. The average Bonchev–Trinajstić information content (AvgIpc) is 3.00. The minimum absolute atomic E-state index is 0.0626. The van der Waals surface area contributed by atoms with Crippen LogP contribution in [0, 0.1) is 5.82 Å². The van der Waals surface area contributed by atoms with Crippen molar-refractivity contribution in [3.63, 3.8) is 0 Å². The summed E-state index contributed by atoms with van der Waals surface area (Å²) in [4.78, 5) is 23.6. The molecule has 2 saturated heterocycles. The molecule has 1 N–H and O–H groups in total. The van der Waals surface area contributed by atoms with Crippen molar-refractivity contribution in [2.24, 2.45) is 0 Å². The van der Waals surface area contributed by atoms with Crippen LogP contribution in [0.4, 0.5) is 10.2 Å². The van der Waals surface area contributed by atoms with Crippen LogP contribution in [0.25, 0.3) is 0 Å². The standard InChI is InChI=1S/C22H26ClFN4O4S/c1-22(2,32-20-18(24)8-13(23)11-26-20)21(29)27-14-9-15-4-5-16(10-14)28(15)19-7-6-17(12-25-19)33(3,30)31/h6-8,11-12,14-16H,4-5,9-10H2,1-3H3,(H,27,29)/t14?,15-,16+. The zero-order valence-electron chi connectivity index (χ0n) is 18.6. The first kappa shape index (κ1) is 23.7. The van der Waals surface area contributed by atoms with Crippen LogP contribution in [-0.4, -0.2) is 54.3 Å². The molecule has 0 aliphatic carbocycles. The zero-order chi connectivity index (χ0) is 24.0. The first-order valence-corrected chi connectivity index (χ1v) is 13.0. The molecule has 178 valence electrons. The number of rotatable bonds is 6. The van der Waals surface area contributed by atoms with E-state index in [0.29, 0.717) is 0 Å². The molecule has 3 atom stereocenters. The number of amides is 1. The number of aromatic nitrogens is 2. The lowest BCUT2D eigenvalue weighted by atomic mass is 9.96. The third-order valence-electron chi connectivity index (χ3n) is 6.15. The van der Waals surface area contributed by atoms with Gasteiger partial charge in [0, 0.05) is 36.8 Å². The van der Waals surface area contributed by atoms with Gasteiger partial charge < -0.3 is 15.0 Å². The summed E-state index contributed by atoms with van der Waals surface area (Å²) in [6, 6.07) is 4.71. The van der Waals surface area contributed by atoms with Crippen LogP contribution in [-0.2, 0) is 14.6 Å². The van der Waals surface area contributed by atoms with Crippen molar-refractivity contribution < 1.29 is 22.3 Å². The molecule has 4 rings (SSSR count). The van der Waals surface area contributed by atoms with E-state index >= 15 is 0 Å². The Hall–Kier alpha value is -2.46. The summed E-state index contributed by atoms with van der Waals surface area (Å²) >= 11 is 5.72. The van der Waals surface area contributed by atoms with Gasteiger partial charge in [0.1, 0.15) is 5.82 Å². The first-order valence-electron chi connectivity index (χ1n) is 10.7. The van der Waals surface area contributed by atoms with Crippen molar-refractivity contribution in [2.75, 3.05) is 11.2 Å². The number of fused-ring (bicyclic) bond motifs is 2. The molecule has 0 spiro atoms. The Balaban J connectivity index is 1.41. The predicted octanol–water partition coefficient (Wildman–Crippen LogP) is 3.15. The number of nitrogens with one attached hydrogen (secondary N) is 1. The SMILES string of the molecule is CC(C)(Oc1ncc(Cl)cc1F)C(=O)NC1C[C@H]2CC[C@@H](C1)N2c1ccc(S(C)(=O)=O)cn1. The second-order valence-corrected chi connectivity index (χ2v) is 11.6. The van der Waals surface area contributed by atoms with Gasteiger partial charge >= 0.3 is 0 Å². The van der Waals surface area contributed by atoms with Crippen LogP contribution < -0.4 is 15.0 Å². The van der Waals surface area contributed by atoms with Crippen LogP contribution in [0.3, 0.4) is 0 Å². The maximum atomic E-state index is 14.1. The van der Waals surface area contributed by atoms with E-state index in [0.717, 1.165) is 43.8 Å². The molecule has 1 amide bonds. The van der Waals surface area contributed by atoms with Crippen molar-refractivity contribution in [2.45, 2.75) is 68.2 Å². The van der Waals surface area contributed by atoms with E-state index in [1.807, 2.05) is 0 Å². The smallest absolute Gasteiger partial charge is 0.263 e. The Morgan fingerprint density at radius 1 is 1.21 bits per heavy atom. The Bertz CT molecular complexity index is 1150. The highest BCUT2D eigenvalue weighted by atomic mass is 35.5. The molecule has 33 heavy (non-hydrogen) atoms. The molecule has 2 bridgehead atoms. The van der Waals surface area contributed by atoms with Crippen molar-refractivity contribution in [3.8, 4) is 5.88 Å². The van der Waals surface area contributed by atoms with Crippen molar-refractivity contribution in [1.29, 1.82) is 0 Å². The van der Waals surface area contributed by atoms with Gasteiger partial charge in [-0.15, -0.1) is 0 Å². The quantitative estimate of drug-likeness (QED) is 0.655. The lowest BCUT2D eigenvalue weighted by Crippen LogP contribution is -2.55. The second-order valence-electron chi connectivity index (χ2n) is 9.11. The summed E-state index contributed by atoms with van der Waals surface area (Å²) in [6.07, 6.45) is 7.19. The molecule has 0 aromatic carbocycles. The number of hydrogen-bond acceptors (Lipinski definition) is 7. The Labute approximate surface area is 197 Å². The molecule has 2 aliphatic heterocycles. The van der Waals surface area contributed by atoms with E-state index in [1.165, 1.54) is 12.4 Å². The molecule has 8 nitrogen and oxygen atoms in total. The van der Waals surface area contributed by atoms with Gasteiger partial charge in [-0.05, 0) is 57.7 Å². The van der Waals surface area contributed by atoms with Gasteiger partial charge in [-0.3, -0.25) is 4.79 Å². The monoisotopic (exact) mass is 496 g/mol. The highest BCUT2D eigenvalue weighted by Gasteiger charge is 2.43. The predicted molar refractivity (Wildman–Crippen MR) is 122 cm³/mol. The van der Waals surface area contributed by atoms with Crippen LogP contribution in [0.15, 0.2) is 35.5 Å². The Morgan fingerprint density at radius 3 is 2.42 bits per heavy atom. The summed E-state index contributed by atoms with van der Waals surface area (Å²) in [5, 5.41) is 3.19. The highest BCUT2D eigenvalue weighted by Crippen LogP contribution is 2.39. The topological polar surface area (TPSA) is 101 Å². The number of ether oxygens (including phenoxy) is 1. The molecule has 2 aliphatic rings. The van der Waals surface area contributed by atoms with Gasteiger partial charge in [0.25, 0.3) is 11.8 Å². The molecule has 0 saturated carbocycles. The summed E-state index contributed by atoms with van der Waals surface area (Å²) in [7, 11) is -3.30. The van der Waals surface area contributed by atoms with E-state index in [2.05, 4.69) is 20.2 Å². The summed E-state index contributed by atoms with van der Waals surface area (Å²) in [5.41, 5.74) is -1.33. The van der Waals surface area contributed by atoms with Gasteiger partial charge in [0.2, 0.25) is 0 Å². The molecule has 4 heterocycles. The maximum absolute atomic E-state index is 14.1. The number of piperidine rings is 1. The van der Waals surface area contributed by atoms with E-state index < -0.39 is 21.3 Å². The molecule has 2 aromatic rings. The minimum Gasteiger partial charge on any atom is -0.459 e. The molecular weight excluding hydrogens is 471 g/mol. The number of anilines is 1. The normalized spacial score (nSPS) is 22.8. The van der Waals surface area contributed by atoms with Gasteiger partial charge in [-0.2, -0.15) is 0 Å². The largest absolute Gasteiger partial charge is 0.459 e. The summed E-state index contributed by atoms with van der Waals surface area (Å²) in [6.45, 7) is 3.13. The van der Waals surface area contributed by atoms with Gasteiger partial charge in [0.15, 0.2) is 21.3 Å². The zero-order valence-corrected chi connectivity index (χ0v) is 20.2. The fourth-order valence-electron chi connectivity index (χ4n) is 4.54. The summed E-state index contributed by atoms with van der Waals surface area (Å²) < 4.78 is 43.0. The highest BCUT2D eigenvalue weighted by molar-refractivity contribution is 7.90. The number of sulfone groups is 1. The van der Waals surface area contributed by atoms with Crippen LogP contribution in [0.5, 0.6) is 5.88 Å². The van der Waals surface area contributed by atoms with Crippen molar-refractivity contribution >= 4 is 33.2 Å². The Kier molecular flexibility index (Phi) is 6.26. The second kappa shape index (κ2) is 8.72. The van der Waals surface area contributed by atoms with Crippen LogP contribution in [0.1, 0.15) is 39.5 Å². The van der Waals surface area contributed by atoms with E-state index in [-0.39, 0.29) is 39.8 Å². The fourth-order valence-corrected chi connectivity index (χ4v) is 5.24. The lowest BCUT2D eigenvalue weighted by molar-refractivity contribution is -0.135. The first-order chi connectivity index (χ1) is 15.4. The van der Waals surface area contributed by atoms with Crippen LogP contribution >= 0.6 is 11.6 Å². The van der Waals surface area contributed by atoms with E-state index in [1.54, 1.807) is 26.0 Å². The number of carbonyl (C=O) groups is 1. The third-order valence-corrected chi connectivity index (χ3v) is 7.46. The van der Waals surface area contributed by atoms with Gasteiger partial charge in [-0.1, -0.05) is 11.6 Å². The molecule has 11 heteroatoms. The van der Waals surface area contributed by atoms with E-state index in [4.69, 9.17) is 16.3 Å². The molecule has 0 radical (unpaired) electrons. The number of hydrogen-bond donors (Lipinski definition) is 1. The number of pyridine rings is 2. The molecule has 2 aromatic heterocycles. The number of carbonyl (C=O) groups excluding carboxylic acids is 1. The van der Waals surface area contributed by atoms with Gasteiger partial charge in [0.05, 0.1) is 9.92 Å². The van der Waals surface area contributed by atoms with Crippen LogP contribution in [0.2, 0.25) is 5.02 Å². The van der Waals surface area contributed by atoms with Crippen molar-refractivity contribution in [1.82, 2.24) is 15.3 Å². The molecular formula is C22H26ClFN4O4S. The third kappa shape index (κ3) is 5.06. The van der Waals surface area contributed by atoms with Gasteiger partial charge in [-0.25, -0.2) is 22.8 Å². The Morgan fingerprint density at radius 2 is 1.88 bits per heavy atom. The van der Waals surface area contributed by atoms with Crippen molar-refractivity contribution in [3.05, 3.63) is 41.4 Å². The maximum Gasteiger partial charge on any atom is 0.263 e.